The lowest BCUT2D eigenvalue weighted by atomic mass is 9.93. The van der Waals surface area contributed by atoms with Crippen molar-refractivity contribution in [2.75, 3.05) is 0 Å². The van der Waals surface area contributed by atoms with Gasteiger partial charge in [0.15, 0.2) is 0 Å². The number of thiophene rings is 1. The van der Waals surface area contributed by atoms with Crippen LogP contribution in [0.3, 0.4) is 0 Å². The molecule has 1 aliphatic carbocycles. The Bertz CT molecular complexity index is 1310. The standard InChI is InChI=1S/C23H23ClN4OS2/c1-13(19-11-30-14(2)27-19)28-12-26-22-21(23(28)29)18-7-6-17(9-20(18)31-22)25-10-15-4-3-5-16(24)8-15/h3-5,8,11-13,17,25H,6-7,9-10H2,1-2H3/t13-,17+/m1/s1. The monoisotopic (exact) mass is 470 g/mol. The number of hydrogen-bond donors (Lipinski definition) is 1. The lowest BCUT2D eigenvalue weighted by Gasteiger charge is -2.23. The Morgan fingerprint density at radius 2 is 2.26 bits per heavy atom. The highest BCUT2D eigenvalue weighted by Gasteiger charge is 2.26. The average Bonchev–Trinajstić information content (AvgIpc) is 3.35. The minimum Gasteiger partial charge on any atom is -0.310 e. The number of nitrogens with zero attached hydrogens (tertiary/aromatic N) is 3. The molecule has 0 aliphatic heterocycles. The molecule has 0 bridgehead atoms. The number of rotatable bonds is 5. The summed E-state index contributed by atoms with van der Waals surface area (Å²) in [5.74, 6) is 0. The quantitative estimate of drug-likeness (QED) is 0.439. The van der Waals surface area contributed by atoms with Crippen LogP contribution < -0.4 is 10.9 Å². The molecule has 0 radical (unpaired) electrons. The first-order valence-corrected chi connectivity index (χ1v) is 12.5. The van der Waals surface area contributed by atoms with Gasteiger partial charge in [-0.2, -0.15) is 0 Å². The van der Waals surface area contributed by atoms with E-state index in [1.165, 1.54) is 16.0 Å². The molecule has 0 fully saturated rings. The Hall–Kier alpha value is -2.06. The van der Waals surface area contributed by atoms with Crippen LogP contribution in [0.15, 0.2) is 40.8 Å². The van der Waals surface area contributed by atoms with Crippen molar-refractivity contribution in [1.29, 1.82) is 0 Å². The molecule has 0 saturated carbocycles. The van der Waals surface area contributed by atoms with Gasteiger partial charge in [-0.1, -0.05) is 23.7 Å². The van der Waals surface area contributed by atoms with E-state index in [0.717, 1.165) is 51.7 Å². The van der Waals surface area contributed by atoms with Crippen LogP contribution in [0.5, 0.6) is 0 Å². The van der Waals surface area contributed by atoms with Crippen molar-refractivity contribution < 1.29 is 0 Å². The van der Waals surface area contributed by atoms with Crippen LogP contribution in [0.4, 0.5) is 0 Å². The van der Waals surface area contributed by atoms with Crippen LogP contribution in [0.1, 0.15) is 46.1 Å². The Labute approximate surface area is 193 Å². The molecule has 5 nitrogen and oxygen atoms in total. The third-order valence-corrected chi connectivity index (χ3v) is 8.15. The number of aryl methyl sites for hydroxylation is 2. The van der Waals surface area contributed by atoms with Crippen molar-refractivity contribution in [3.05, 3.63) is 78.1 Å². The number of hydrogen-bond acceptors (Lipinski definition) is 6. The largest absolute Gasteiger partial charge is 0.310 e. The van der Waals surface area contributed by atoms with Crippen molar-refractivity contribution in [1.82, 2.24) is 19.9 Å². The zero-order chi connectivity index (χ0) is 21.5. The molecule has 0 saturated heterocycles. The molecule has 3 heterocycles. The molecule has 2 atom stereocenters. The minimum absolute atomic E-state index is 0.0472. The fourth-order valence-corrected chi connectivity index (χ4v) is 6.42. The van der Waals surface area contributed by atoms with Crippen LogP contribution in [0, 0.1) is 6.92 Å². The first kappa shape index (κ1) is 20.8. The van der Waals surface area contributed by atoms with Crippen molar-refractivity contribution in [2.24, 2.45) is 0 Å². The third-order valence-electron chi connectivity index (χ3n) is 5.96. The summed E-state index contributed by atoms with van der Waals surface area (Å²) in [6, 6.07) is 8.23. The topological polar surface area (TPSA) is 59.8 Å². The van der Waals surface area contributed by atoms with Gasteiger partial charge in [-0.25, -0.2) is 9.97 Å². The maximum atomic E-state index is 13.4. The Morgan fingerprint density at radius 1 is 1.39 bits per heavy atom. The molecule has 1 aliphatic rings. The number of fused-ring (bicyclic) bond motifs is 3. The SMILES string of the molecule is Cc1nc([C@@H](C)n2cnc3sc4c(c3c2=O)CC[C@H](NCc2cccc(Cl)c2)C4)cs1. The van der Waals surface area contributed by atoms with E-state index in [-0.39, 0.29) is 11.6 Å². The fraction of sp³-hybridized carbons (Fsp3) is 0.348. The highest BCUT2D eigenvalue weighted by molar-refractivity contribution is 7.18. The molecule has 3 aromatic heterocycles. The van der Waals surface area contributed by atoms with Gasteiger partial charge in [-0.15, -0.1) is 22.7 Å². The van der Waals surface area contributed by atoms with Gasteiger partial charge in [-0.05, 0) is 56.4 Å². The Balaban J connectivity index is 1.39. The maximum absolute atomic E-state index is 13.4. The first-order chi connectivity index (χ1) is 15.0. The number of benzene rings is 1. The summed E-state index contributed by atoms with van der Waals surface area (Å²) in [6.45, 7) is 4.79. The van der Waals surface area contributed by atoms with Crippen LogP contribution in [-0.4, -0.2) is 20.6 Å². The second-order valence-corrected chi connectivity index (χ2v) is 10.6. The van der Waals surface area contributed by atoms with Gasteiger partial charge in [0.05, 0.1) is 28.5 Å². The summed E-state index contributed by atoms with van der Waals surface area (Å²) in [7, 11) is 0. The van der Waals surface area contributed by atoms with Crippen molar-refractivity contribution >= 4 is 44.5 Å². The number of aromatic nitrogens is 3. The van der Waals surface area contributed by atoms with Crippen LogP contribution >= 0.6 is 34.3 Å². The van der Waals surface area contributed by atoms with E-state index in [9.17, 15) is 4.79 Å². The highest BCUT2D eigenvalue weighted by atomic mass is 35.5. The summed E-state index contributed by atoms with van der Waals surface area (Å²) in [6.07, 6.45) is 4.51. The molecule has 0 unspecified atom stereocenters. The Kier molecular flexibility index (Phi) is 5.69. The van der Waals surface area contributed by atoms with Crippen LogP contribution in [-0.2, 0) is 19.4 Å². The predicted molar refractivity (Wildman–Crippen MR) is 129 cm³/mol. The lowest BCUT2D eigenvalue weighted by Crippen LogP contribution is -2.34. The van der Waals surface area contributed by atoms with Gasteiger partial charge in [0.1, 0.15) is 4.83 Å². The van der Waals surface area contributed by atoms with E-state index >= 15 is 0 Å². The predicted octanol–water partition coefficient (Wildman–Crippen LogP) is 5.13. The van der Waals surface area contributed by atoms with Crippen molar-refractivity contribution in [2.45, 2.75) is 51.7 Å². The van der Waals surface area contributed by atoms with Crippen molar-refractivity contribution in [3.8, 4) is 0 Å². The molecule has 31 heavy (non-hydrogen) atoms. The van der Waals surface area contributed by atoms with E-state index in [4.69, 9.17) is 11.6 Å². The van der Waals surface area contributed by atoms with Gasteiger partial charge in [0, 0.05) is 27.9 Å². The first-order valence-electron chi connectivity index (χ1n) is 10.4. The normalized spacial score (nSPS) is 17.1. The number of halogens is 1. The van der Waals surface area contributed by atoms with Gasteiger partial charge < -0.3 is 5.32 Å². The van der Waals surface area contributed by atoms with E-state index in [0.29, 0.717) is 6.04 Å². The second-order valence-electron chi connectivity index (χ2n) is 8.06. The van der Waals surface area contributed by atoms with Gasteiger partial charge in [0.2, 0.25) is 0 Å². The Morgan fingerprint density at radius 3 is 3.03 bits per heavy atom. The number of nitrogens with one attached hydrogen (secondary N) is 1. The molecule has 0 amide bonds. The lowest BCUT2D eigenvalue weighted by molar-refractivity contribution is 0.462. The summed E-state index contributed by atoms with van der Waals surface area (Å²) in [5, 5.41) is 8.25. The minimum atomic E-state index is -0.124. The molecule has 4 aromatic rings. The molecule has 1 aromatic carbocycles. The highest BCUT2D eigenvalue weighted by Crippen LogP contribution is 2.34. The van der Waals surface area contributed by atoms with E-state index in [2.05, 4.69) is 21.4 Å². The summed E-state index contributed by atoms with van der Waals surface area (Å²) < 4.78 is 1.73. The molecular weight excluding hydrogens is 448 g/mol. The second kappa shape index (κ2) is 8.47. The number of thiazole rings is 1. The third kappa shape index (κ3) is 4.07. The van der Waals surface area contributed by atoms with E-state index in [1.54, 1.807) is 33.6 Å². The molecule has 160 valence electrons. The summed E-state index contributed by atoms with van der Waals surface area (Å²) in [5.41, 5.74) is 3.34. The van der Waals surface area contributed by atoms with Crippen LogP contribution in [0.2, 0.25) is 5.02 Å². The zero-order valence-electron chi connectivity index (χ0n) is 17.4. The fourth-order valence-electron chi connectivity index (χ4n) is 4.25. The van der Waals surface area contributed by atoms with E-state index in [1.807, 2.05) is 37.4 Å². The zero-order valence-corrected chi connectivity index (χ0v) is 19.8. The van der Waals surface area contributed by atoms with Gasteiger partial charge in [-0.3, -0.25) is 9.36 Å². The summed E-state index contributed by atoms with van der Waals surface area (Å²) >= 11 is 9.37. The maximum Gasteiger partial charge on any atom is 0.262 e. The molecule has 5 rings (SSSR count). The average molecular weight is 471 g/mol. The van der Waals surface area contributed by atoms with Gasteiger partial charge in [0.25, 0.3) is 5.56 Å². The van der Waals surface area contributed by atoms with Crippen molar-refractivity contribution in [3.63, 3.8) is 0 Å². The smallest absolute Gasteiger partial charge is 0.262 e. The molecule has 8 heteroatoms. The molecular formula is C23H23ClN4OS2. The molecule has 0 spiro atoms. The van der Waals surface area contributed by atoms with E-state index < -0.39 is 0 Å². The van der Waals surface area contributed by atoms with Gasteiger partial charge >= 0.3 is 0 Å². The summed E-state index contributed by atoms with van der Waals surface area (Å²) in [4.78, 5) is 24.7. The van der Waals surface area contributed by atoms with Crippen LogP contribution in [0.25, 0.3) is 10.2 Å². The molecule has 1 N–H and O–H groups in total.